The van der Waals surface area contributed by atoms with Crippen LogP contribution in [0.5, 0.6) is 5.75 Å². The van der Waals surface area contributed by atoms with Gasteiger partial charge in [0.1, 0.15) is 12.4 Å². The lowest BCUT2D eigenvalue weighted by atomic mass is 10.1. The van der Waals surface area contributed by atoms with Crippen molar-refractivity contribution in [1.29, 1.82) is 0 Å². The van der Waals surface area contributed by atoms with Crippen LogP contribution in [0.2, 0.25) is 0 Å². The number of ether oxygens (including phenoxy) is 2. The number of likely N-dealkylation sites (tertiary alicyclic amines) is 1. The fourth-order valence-corrected chi connectivity index (χ4v) is 4.24. The number of aromatic nitrogens is 2. The van der Waals surface area contributed by atoms with E-state index in [2.05, 4.69) is 15.3 Å². The van der Waals surface area contributed by atoms with Crippen molar-refractivity contribution in [3.8, 4) is 17.0 Å². The van der Waals surface area contributed by atoms with Crippen molar-refractivity contribution in [2.75, 3.05) is 38.7 Å². The van der Waals surface area contributed by atoms with Crippen LogP contribution in [0.4, 0.5) is 18.9 Å². The highest BCUT2D eigenvalue weighted by molar-refractivity contribution is 6.04. The average Bonchev–Trinajstić information content (AvgIpc) is 3.30. The number of nitrogens with one attached hydrogen (secondary N) is 1. The van der Waals surface area contributed by atoms with Crippen molar-refractivity contribution in [1.82, 2.24) is 14.7 Å². The second-order valence-corrected chi connectivity index (χ2v) is 8.71. The number of methoxy groups -OCH3 is 1. The number of aryl methyl sites for hydroxylation is 1. The van der Waals surface area contributed by atoms with Crippen LogP contribution in [0, 0.1) is 0 Å². The SMILES string of the molecule is COC1CCN(CCOc2ccc(NC(=O)c3ccc(C(F)(F)F)cc3)cc2-c2ccnn2C)CC1. The van der Waals surface area contributed by atoms with Crippen molar-refractivity contribution >= 4 is 11.6 Å². The molecule has 1 aromatic heterocycles. The van der Waals surface area contributed by atoms with E-state index < -0.39 is 17.6 Å². The highest BCUT2D eigenvalue weighted by Crippen LogP contribution is 2.33. The number of hydrogen-bond donors (Lipinski definition) is 1. The summed E-state index contributed by atoms with van der Waals surface area (Å²) in [6.45, 7) is 3.21. The van der Waals surface area contributed by atoms with Crippen LogP contribution < -0.4 is 10.1 Å². The van der Waals surface area contributed by atoms with Gasteiger partial charge in [-0.05, 0) is 61.4 Å². The maximum Gasteiger partial charge on any atom is 0.416 e. The number of amides is 1. The maximum atomic E-state index is 12.8. The quantitative estimate of drug-likeness (QED) is 0.477. The van der Waals surface area contributed by atoms with Gasteiger partial charge in [0.2, 0.25) is 0 Å². The summed E-state index contributed by atoms with van der Waals surface area (Å²) in [5.41, 5.74) is 1.37. The van der Waals surface area contributed by atoms with E-state index in [9.17, 15) is 18.0 Å². The summed E-state index contributed by atoms with van der Waals surface area (Å²) in [6.07, 6.45) is -0.451. The maximum absolute atomic E-state index is 12.8. The van der Waals surface area contributed by atoms with Gasteiger partial charge >= 0.3 is 6.18 Å². The summed E-state index contributed by atoms with van der Waals surface area (Å²) in [6, 6.07) is 11.2. The molecule has 36 heavy (non-hydrogen) atoms. The normalized spacial score (nSPS) is 15.1. The molecule has 4 rings (SSSR count). The van der Waals surface area contributed by atoms with Gasteiger partial charge in [-0.15, -0.1) is 0 Å². The van der Waals surface area contributed by atoms with E-state index in [1.54, 1.807) is 36.2 Å². The fraction of sp³-hybridized carbons (Fsp3) is 0.385. The third kappa shape index (κ3) is 6.24. The van der Waals surface area contributed by atoms with Gasteiger partial charge in [0.15, 0.2) is 0 Å². The number of carbonyl (C=O) groups excluding carboxylic acids is 1. The van der Waals surface area contributed by atoms with E-state index in [0.717, 1.165) is 68.0 Å². The van der Waals surface area contributed by atoms with Crippen LogP contribution >= 0.6 is 0 Å². The molecule has 192 valence electrons. The molecule has 0 spiro atoms. The molecule has 1 aliphatic rings. The van der Waals surface area contributed by atoms with Gasteiger partial charge < -0.3 is 14.8 Å². The highest BCUT2D eigenvalue weighted by atomic mass is 19.4. The van der Waals surface area contributed by atoms with Crippen LogP contribution in [-0.4, -0.2) is 60.0 Å². The lowest BCUT2D eigenvalue weighted by Crippen LogP contribution is -2.38. The number of carbonyl (C=O) groups is 1. The first-order valence-corrected chi connectivity index (χ1v) is 11.7. The third-order valence-electron chi connectivity index (χ3n) is 6.34. The smallest absolute Gasteiger partial charge is 0.416 e. The summed E-state index contributed by atoms with van der Waals surface area (Å²) in [5, 5.41) is 6.99. The van der Waals surface area contributed by atoms with E-state index in [1.165, 1.54) is 0 Å². The zero-order valence-electron chi connectivity index (χ0n) is 20.2. The minimum absolute atomic E-state index is 0.127. The van der Waals surface area contributed by atoms with Crippen molar-refractivity contribution in [3.63, 3.8) is 0 Å². The Bertz CT molecular complexity index is 1170. The highest BCUT2D eigenvalue weighted by Gasteiger charge is 2.30. The van der Waals surface area contributed by atoms with Crippen LogP contribution in [0.25, 0.3) is 11.3 Å². The lowest BCUT2D eigenvalue weighted by Gasteiger charge is -2.31. The summed E-state index contributed by atoms with van der Waals surface area (Å²) >= 11 is 0. The van der Waals surface area contributed by atoms with Crippen molar-refractivity contribution in [2.45, 2.75) is 25.1 Å². The topological polar surface area (TPSA) is 68.6 Å². The average molecular weight is 503 g/mol. The summed E-state index contributed by atoms with van der Waals surface area (Å²) in [5.74, 6) is 0.144. The van der Waals surface area contributed by atoms with Gasteiger partial charge in [0, 0.05) is 56.8 Å². The molecule has 1 fully saturated rings. The number of alkyl halides is 3. The van der Waals surface area contributed by atoms with Crippen LogP contribution in [0.15, 0.2) is 54.7 Å². The zero-order valence-corrected chi connectivity index (χ0v) is 20.2. The first-order chi connectivity index (χ1) is 17.2. The molecule has 0 unspecified atom stereocenters. The zero-order chi connectivity index (χ0) is 25.7. The number of piperidine rings is 1. The third-order valence-corrected chi connectivity index (χ3v) is 6.34. The molecule has 1 saturated heterocycles. The van der Waals surface area contributed by atoms with Crippen LogP contribution in [0.3, 0.4) is 0 Å². The molecule has 1 aliphatic heterocycles. The van der Waals surface area contributed by atoms with Gasteiger partial charge in [-0.3, -0.25) is 14.4 Å². The fourth-order valence-electron chi connectivity index (χ4n) is 4.24. The molecule has 0 saturated carbocycles. The first kappa shape index (κ1) is 25.7. The number of anilines is 1. The Labute approximate surface area is 207 Å². The van der Waals surface area contributed by atoms with Crippen molar-refractivity contribution in [3.05, 3.63) is 65.9 Å². The van der Waals surface area contributed by atoms with Crippen LogP contribution in [-0.2, 0) is 18.0 Å². The van der Waals surface area contributed by atoms with Gasteiger partial charge in [-0.1, -0.05) is 0 Å². The summed E-state index contributed by atoms with van der Waals surface area (Å²) in [4.78, 5) is 15.0. The van der Waals surface area contributed by atoms with Gasteiger partial charge in [-0.25, -0.2) is 0 Å². The summed E-state index contributed by atoms with van der Waals surface area (Å²) in [7, 11) is 3.56. The molecule has 2 heterocycles. The lowest BCUT2D eigenvalue weighted by molar-refractivity contribution is -0.137. The molecule has 10 heteroatoms. The second-order valence-electron chi connectivity index (χ2n) is 8.71. The minimum atomic E-state index is -4.46. The molecule has 0 radical (unpaired) electrons. The molecule has 0 aliphatic carbocycles. The number of benzene rings is 2. The Balaban J connectivity index is 1.45. The van der Waals surface area contributed by atoms with Gasteiger partial charge in [0.25, 0.3) is 5.91 Å². The Morgan fingerprint density at radius 2 is 1.83 bits per heavy atom. The van der Waals surface area contributed by atoms with Crippen molar-refractivity contribution in [2.24, 2.45) is 7.05 Å². The Morgan fingerprint density at radius 3 is 2.44 bits per heavy atom. The molecule has 0 bridgehead atoms. The van der Waals surface area contributed by atoms with Crippen LogP contribution in [0.1, 0.15) is 28.8 Å². The molecular formula is C26H29F3N4O3. The van der Waals surface area contributed by atoms with E-state index in [0.29, 0.717) is 24.1 Å². The largest absolute Gasteiger partial charge is 0.492 e. The predicted octanol–water partition coefficient (Wildman–Crippen LogP) is 4.85. The molecule has 2 aromatic carbocycles. The van der Waals surface area contributed by atoms with Crippen molar-refractivity contribution < 1.29 is 27.4 Å². The molecule has 1 amide bonds. The monoisotopic (exact) mass is 502 g/mol. The Morgan fingerprint density at radius 1 is 1.11 bits per heavy atom. The molecule has 7 nitrogen and oxygen atoms in total. The standard InChI is InChI=1S/C26H29F3N4O3/c1-32-23(9-12-30-32)22-17-20(31-25(34)18-3-5-19(6-4-18)26(27,28)29)7-8-24(22)36-16-15-33-13-10-21(35-2)11-14-33/h3-9,12,17,21H,10-11,13-16H2,1-2H3,(H,31,34). The van der Waals surface area contributed by atoms with Gasteiger partial charge in [0.05, 0.1) is 17.4 Å². The predicted molar refractivity (Wildman–Crippen MR) is 130 cm³/mol. The van der Waals surface area contributed by atoms with E-state index >= 15 is 0 Å². The Kier molecular flexibility index (Phi) is 7.95. The first-order valence-electron chi connectivity index (χ1n) is 11.7. The Hall–Kier alpha value is -3.37. The second kappa shape index (κ2) is 11.1. The van der Waals surface area contributed by atoms with E-state index in [1.807, 2.05) is 13.1 Å². The summed E-state index contributed by atoms with van der Waals surface area (Å²) < 4.78 is 51.7. The minimum Gasteiger partial charge on any atom is -0.492 e. The molecule has 1 N–H and O–H groups in total. The van der Waals surface area contributed by atoms with E-state index in [4.69, 9.17) is 9.47 Å². The number of hydrogen-bond acceptors (Lipinski definition) is 5. The molecule has 0 atom stereocenters. The van der Waals surface area contributed by atoms with Gasteiger partial charge in [-0.2, -0.15) is 18.3 Å². The molecular weight excluding hydrogens is 473 g/mol. The number of rotatable bonds is 8. The number of halogens is 3. The number of nitrogens with zero attached hydrogens (tertiary/aromatic N) is 3. The van der Waals surface area contributed by atoms with E-state index in [-0.39, 0.29) is 5.56 Å². The molecule has 3 aromatic rings.